The molecule has 7 nitrogen and oxygen atoms in total. The molecule has 1 aromatic heterocycles. The summed E-state index contributed by atoms with van der Waals surface area (Å²) < 4.78 is 0. The summed E-state index contributed by atoms with van der Waals surface area (Å²) in [5, 5.41) is 29.4. The van der Waals surface area contributed by atoms with E-state index in [2.05, 4.69) is 20.7 Å². The Bertz CT molecular complexity index is 930. The van der Waals surface area contributed by atoms with Crippen molar-refractivity contribution in [1.82, 2.24) is 15.6 Å². The molecule has 0 spiro atoms. The van der Waals surface area contributed by atoms with Crippen molar-refractivity contribution in [2.75, 3.05) is 0 Å². The molecular weight excluding hydrogens is 320 g/mol. The zero-order valence-electron chi connectivity index (χ0n) is 13.4. The number of aromatic amines is 1. The van der Waals surface area contributed by atoms with Crippen molar-refractivity contribution in [3.8, 4) is 22.8 Å². The lowest BCUT2D eigenvalue weighted by Crippen LogP contribution is -2.18. The summed E-state index contributed by atoms with van der Waals surface area (Å²) in [4.78, 5) is 12.1. The maximum absolute atomic E-state index is 12.1. The summed E-state index contributed by atoms with van der Waals surface area (Å²) >= 11 is 0. The van der Waals surface area contributed by atoms with Crippen molar-refractivity contribution < 1.29 is 15.0 Å². The number of aryl methyl sites for hydroxylation is 1. The number of nitrogens with zero attached hydrogens (tertiary/aromatic N) is 2. The van der Waals surface area contributed by atoms with E-state index in [1.54, 1.807) is 6.07 Å². The van der Waals surface area contributed by atoms with Crippen molar-refractivity contribution in [2.24, 2.45) is 5.10 Å². The Morgan fingerprint density at radius 2 is 1.92 bits per heavy atom. The first-order chi connectivity index (χ1) is 12.0. The lowest BCUT2D eigenvalue weighted by atomic mass is 10.1. The van der Waals surface area contributed by atoms with Crippen LogP contribution < -0.4 is 5.43 Å². The maximum Gasteiger partial charge on any atom is 0.289 e. The SMILES string of the molecule is Cc1ccc(-c2cc(C(=O)N/N=C/c3ccc(O)cc3O)[nH]n2)cc1. The van der Waals surface area contributed by atoms with Gasteiger partial charge in [-0.1, -0.05) is 29.8 Å². The molecule has 0 fully saturated rings. The molecule has 0 unspecified atom stereocenters. The van der Waals surface area contributed by atoms with Crippen LogP contribution in [0.2, 0.25) is 0 Å². The Labute approximate surface area is 143 Å². The molecule has 1 amide bonds. The van der Waals surface area contributed by atoms with Gasteiger partial charge < -0.3 is 10.2 Å². The first-order valence-electron chi connectivity index (χ1n) is 7.51. The second-order valence-electron chi connectivity index (χ2n) is 5.48. The zero-order chi connectivity index (χ0) is 17.8. The number of carbonyl (C=O) groups excluding carboxylic acids is 1. The summed E-state index contributed by atoms with van der Waals surface area (Å²) in [5.41, 5.74) is 5.68. The Hall–Kier alpha value is -3.61. The van der Waals surface area contributed by atoms with E-state index in [1.807, 2.05) is 31.2 Å². The number of phenols is 2. The lowest BCUT2D eigenvalue weighted by Gasteiger charge is -1.99. The quantitative estimate of drug-likeness (QED) is 0.433. The standard InChI is InChI=1S/C18H16N4O3/c1-11-2-4-12(5-3-11)15-9-16(21-20-15)18(25)22-19-10-13-6-7-14(23)8-17(13)24/h2-10,23-24H,1H3,(H,20,21)(H,22,25)/b19-10+. The van der Waals surface area contributed by atoms with Crippen LogP contribution in [0.15, 0.2) is 53.6 Å². The molecule has 3 aromatic rings. The molecule has 0 aliphatic carbocycles. The van der Waals surface area contributed by atoms with Gasteiger partial charge in [0.05, 0.1) is 11.9 Å². The number of H-pyrrole nitrogens is 1. The fourth-order valence-corrected chi connectivity index (χ4v) is 2.17. The van der Waals surface area contributed by atoms with Crippen molar-refractivity contribution in [3.63, 3.8) is 0 Å². The topological polar surface area (TPSA) is 111 Å². The molecule has 1 heterocycles. The van der Waals surface area contributed by atoms with E-state index >= 15 is 0 Å². The minimum absolute atomic E-state index is 0.0558. The number of aromatic nitrogens is 2. The molecule has 3 rings (SSSR count). The molecule has 0 bridgehead atoms. The number of hydrogen-bond donors (Lipinski definition) is 4. The molecule has 7 heteroatoms. The van der Waals surface area contributed by atoms with Gasteiger partial charge in [-0.25, -0.2) is 5.43 Å². The molecule has 0 saturated carbocycles. The van der Waals surface area contributed by atoms with Crippen LogP contribution in [-0.2, 0) is 0 Å². The molecule has 0 radical (unpaired) electrons. The maximum atomic E-state index is 12.1. The smallest absolute Gasteiger partial charge is 0.289 e. The Morgan fingerprint density at radius 3 is 2.64 bits per heavy atom. The number of benzene rings is 2. The number of rotatable bonds is 4. The van der Waals surface area contributed by atoms with Gasteiger partial charge in [0.15, 0.2) is 0 Å². The fourth-order valence-electron chi connectivity index (χ4n) is 2.17. The van der Waals surface area contributed by atoms with Gasteiger partial charge >= 0.3 is 0 Å². The number of amides is 1. The van der Waals surface area contributed by atoms with Crippen molar-refractivity contribution >= 4 is 12.1 Å². The Balaban J connectivity index is 1.67. The number of phenolic OH excluding ortho intramolecular Hbond substituents is 2. The van der Waals surface area contributed by atoms with Crippen LogP contribution in [0, 0.1) is 6.92 Å². The molecule has 0 aliphatic rings. The minimum atomic E-state index is -0.458. The molecule has 0 saturated heterocycles. The Kier molecular flexibility index (Phi) is 4.47. The monoisotopic (exact) mass is 336 g/mol. The minimum Gasteiger partial charge on any atom is -0.508 e. The molecule has 126 valence electrons. The molecule has 25 heavy (non-hydrogen) atoms. The molecule has 0 aliphatic heterocycles. The number of nitrogens with one attached hydrogen (secondary N) is 2. The van der Waals surface area contributed by atoms with Gasteiger partial charge in [-0.15, -0.1) is 0 Å². The number of carbonyl (C=O) groups is 1. The number of hydrogen-bond acceptors (Lipinski definition) is 5. The van der Waals surface area contributed by atoms with Gasteiger partial charge in [0.25, 0.3) is 5.91 Å². The highest BCUT2D eigenvalue weighted by Crippen LogP contribution is 2.21. The van der Waals surface area contributed by atoms with Gasteiger partial charge in [0.2, 0.25) is 0 Å². The van der Waals surface area contributed by atoms with Crippen LogP contribution in [0.5, 0.6) is 11.5 Å². The summed E-state index contributed by atoms with van der Waals surface area (Å²) in [6.07, 6.45) is 1.28. The van der Waals surface area contributed by atoms with Crippen LogP contribution in [0.3, 0.4) is 0 Å². The highest BCUT2D eigenvalue weighted by Gasteiger charge is 2.10. The van der Waals surface area contributed by atoms with Gasteiger partial charge in [-0.05, 0) is 25.1 Å². The van der Waals surface area contributed by atoms with E-state index in [9.17, 15) is 15.0 Å². The highest BCUT2D eigenvalue weighted by atomic mass is 16.3. The Morgan fingerprint density at radius 1 is 1.16 bits per heavy atom. The van der Waals surface area contributed by atoms with Gasteiger partial charge in [0, 0.05) is 17.2 Å². The number of aromatic hydroxyl groups is 2. The van der Waals surface area contributed by atoms with Crippen LogP contribution in [0.1, 0.15) is 21.6 Å². The normalized spacial score (nSPS) is 10.9. The zero-order valence-corrected chi connectivity index (χ0v) is 13.4. The van der Waals surface area contributed by atoms with E-state index < -0.39 is 5.91 Å². The lowest BCUT2D eigenvalue weighted by molar-refractivity contribution is 0.0950. The first-order valence-corrected chi connectivity index (χ1v) is 7.51. The van der Waals surface area contributed by atoms with Gasteiger partial charge in [-0.3, -0.25) is 9.89 Å². The largest absolute Gasteiger partial charge is 0.508 e. The van der Waals surface area contributed by atoms with E-state index in [0.717, 1.165) is 11.1 Å². The molecular formula is C18H16N4O3. The van der Waals surface area contributed by atoms with Crippen LogP contribution >= 0.6 is 0 Å². The van der Waals surface area contributed by atoms with Crippen LogP contribution in [-0.4, -0.2) is 32.5 Å². The average molecular weight is 336 g/mol. The summed E-state index contributed by atoms with van der Waals surface area (Å²) in [7, 11) is 0. The average Bonchev–Trinajstić information content (AvgIpc) is 3.07. The number of hydrazone groups is 1. The van der Waals surface area contributed by atoms with Crippen LogP contribution in [0.4, 0.5) is 0 Å². The van der Waals surface area contributed by atoms with Crippen molar-refractivity contribution in [3.05, 3.63) is 65.4 Å². The second kappa shape index (κ2) is 6.88. The summed E-state index contributed by atoms with van der Waals surface area (Å²) in [6.45, 7) is 2.00. The van der Waals surface area contributed by atoms with E-state index in [0.29, 0.717) is 11.3 Å². The van der Waals surface area contributed by atoms with E-state index in [1.165, 1.54) is 24.4 Å². The van der Waals surface area contributed by atoms with Crippen LogP contribution in [0.25, 0.3) is 11.3 Å². The molecule has 0 atom stereocenters. The van der Waals surface area contributed by atoms with E-state index in [-0.39, 0.29) is 17.2 Å². The molecule has 2 aromatic carbocycles. The van der Waals surface area contributed by atoms with Gasteiger partial charge in [0.1, 0.15) is 17.2 Å². The predicted molar refractivity (Wildman–Crippen MR) is 93.6 cm³/mol. The second-order valence-corrected chi connectivity index (χ2v) is 5.48. The summed E-state index contributed by atoms with van der Waals surface area (Å²) in [6, 6.07) is 13.5. The van der Waals surface area contributed by atoms with Crippen molar-refractivity contribution in [2.45, 2.75) is 6.92 Å². The third kappa shape index (κ3) is 3.84. The summed E-state index contributed by atoms with van der Waals surface area (Å²) in [5.74, 6) is -0.652. The highest BCUT2D eigenvalue weighted by molar-refractivity contribution is 5.94. The van der Waals surface area contributed by atoms with Gasteiger partial charge in [-0.2, -0.15) is 10.2 Å². The van der Waals surface area contributed by atoms with Crippen molar-refractivity contribution in [1.29, 1.82) is 0 Å². The third-order valence-electron chi connectivity index (χ3n) is 3.55. The first kappa shape index (κ1) is 16.3. The molecule has 4 N–H and O–H groups in total. The predicted octanol–water partition coefficient (Wildman–Crippen LogP) is 2.56. The fraction of sp³-hybridized carbons (Fsp3) is 0.0556. The third-order valence-corrected chi connectivity index (χ3v) is 3.55. The van der Waals surface area contributed by atoms with E-state index in [4.69, 9.17) is 0 Å².